The smallest absolute Gasteiger partial charge is 0.0710 e. The lowest BCUT2D eigenvalue weighted by molar-refractivity contribution is -0.214. The van der Waals surface area contributed by atoms with Crippen LogP contribution < -0.4 is 5.73 Å². The topological polar surface area (TPSA) is 60.4 Å². The van der Waals surface area contributed by atoms with Crippen LogP contribution in [0, 0.1) is 5.41 Å². The second kappa shape index (κ2) is 14.5. The van der Waals surface area contributed by atoms with E-state index in [0.717, 1.165) is 24.1 Å². The average molecular weight is 557 g/mol. The van der Waals surface area contributed by atoms with Gasteiger partial charge < -0.3 is 10.3 Å². The van der Waals surface area contributed by atoms with Crippen molar-refractivity contribution in [3.8, 4) is 16.8 Å². The van der Waals surface area contributed by atoms with Crippen LogP contribution >= 0.6 is 0 Å². The zero-order valence-corrected chi connectivity index (χ0v) is 27.2. The van der Waals surface area contributed by atoms with Gasteiger partial charge in [0.25, 0.3) is 0 Å². The van der Waals surface area contributed by atoms with Crippen molar-refractivity contribution in [2.24, 2.45) is 5.41 Å². The molecule has 0 radical (unpaired) electrons. The zero-order chi connectivity index (χ0) is 31.0. The summed E-state index contributed by atoms with van der Waals surface area (Å²) < 4.78 is 2.49. The minimum atomic E-state index is 0.113. The molecule has 0 saturated carbocycles. The Balaban J connectivity index is 0.000000775. The van der Waals surface area contributed by atoms with Crippen LogP contribution in [-0.2, 0) is 16.7 Å². The number of anilines is 1. The van der Waals surface area contributed by atoms with Gasteiger partial charge in [0.1, 0.15) is 0 Å². The number of aromatic nitrogens is 1. The normalized spacial score (nSPS) is 12.5. The summed E-state index contributed by atoms with van der Waals surface area (Å²) in [6.45, 7) is 21.9. The molecule has 0 bridgehead atoms. The molecule has 1 aliphatic carbocycles. The van der Waals surface area contributed by atoms with Gasteiger partial charge in [-0.15, -0.1) is 0 Å². The van der Waals surface area contributed by atoms with Gasteiger partial charge in [0.05, 0.1) is 12.6 Å². The predicted octanol–water partition coefficient (Wildman–Crippen LogP) is 10.7. The molecule has 3 aromatic carbocycles. The molecule has 0 aliphatic heterocycles. The lowest BCUT2D eigenvalue weighted by Gasteiger charge is -2.27. The van der Waals surface area contributed by atoms with Crippen LogP contribution in [0.5, 0.6) is 0 Å². The fourth-order valence-electron chi connectivity index (χ4n) is 5.17. The van der Waals surface area contributed by atoms with Crippen LogP contribution in [0.3, 0.4) is 0 Å². The molecule has 1 aliphatic rings. The number of allylic oxidation sites excluding steroid dienone is 1. The number of hydrogen-bond acceptors (Lipinski definition) is 3. The minimum Gasteiger partial charge on any atom is -0.399 e. The molecule has 0 unspecified atom stereocenters. The van der Waals surface area contributed by atoms with Crippen LogP contribution in [0.4, 0.5) is 5.69 Å². The first-order valence-electron chi connectivity index (χ1n) is 15.0. The van der Waals surface area contributed by atoms with E-state index in [4.69, 9.17) is 11.0 Å². The molecule has 0 amide bonds. The van der Waals surface area contributed by atoms with Crippen molar-refractivity contribution in [2.45, 2.75) is 87.5 Å². The van der Waals surface area contributed by atoms with Gasteiger partial charge >= 0.3 is 0 Å². The van der Waals surface area contributed by atoms with E-state index in [-0.39, 0.29) is 10.8 Å². The van der Waals surface area contributed by atoms with Crippen molar-refractivity contribution in [3.05, 3.63) is 89.1 Å². The molecular weight excluding hydrogens is 504 g/mol. The quantitative estimate of drug-likeness (QED) is 0.147. The molecular formula is C37H52N2O2. The SMILES string of the molecule is CC.CC.CC(C)(C)C1=Cc2c(n(-c3cccc(-c4cccc(N)c4)c3)c3ccc(C(C)(C)C)cc23)CC1.COO. The summed E-state index contributed by atoms with van der Waals surface area (Å²) in [5.41, 5.74) is 17.7. The number of nitrogens with zero attached hydrogens (tertiary/aromatic N) is 1. The Morgan fingerprint density at radius 1 is 0.756 bits per heavy atom. The number of rotatable bonds is 2. The maximum Gasteiger partial charge on any atom is 0.0710 e. The van der Waals surface area contributed by atoms with E-state index in [1.807, 2.05) is 39.8 Å². The third-order valence-electron chi connectivity index (χ3n) is 7.21. The maximum atomic E-state index is 7.07. The fourth-order valence-corrected chi connectivity index (χ4v) is 5.17. The lowest BCUT2D eigenvalue weighted by atomic mass is 9.79. The summed E-state index contributed by atoms with van der Waals surface area (Å²) in [5, 5.41) is 8.43. The summed E-state index contributed by atoms with van der Waals surface area (Å²) in [6.07, 6.45) is 4.64. The zero-order valence-electron chi connectivity index (χ0n) is 27.2. The molecule has 1 aromatic heterocycles. The third kappa shape index (κ3) is 7.90. The van der Waals surface area contributed by atoms with Crippen molar-refractivity contribution in [1.82, 2.24) is 4.57 Å². The Kier molecular flexibility index (Phi) is 12.0. The van der Waals surface area contributed by atoms with E-state index in [1.54, 1.807) is 0 Å². The Morgan fingerprint density at radius 2 is 1.34 bits per heavy atom. The largest absolute Gasteiger partial charge is 0.399 e. The first kappa shape index (κ1) is 33.9. The van der Waals surface area contributed by atoms with Crippen LogP contribution in [0.1, 0.15) is 92.5 Å². The molecule has 1 heterocycles. The average Bonchev–Trinajstić information content (AvgIpc) is 3.28. The number of nitrogens with two attached hydrogens (primary N) is 1. The molecule has 222 valence electrons. The van der Waals surface area contributed by atoms with E-state index in [2.05, 4.69) is 112 Å². The Labute approximate surface area is 248 Å². The molecule has 4 nitrogen and oxygen atoms in total. The first-order chi connectivity index (χ1) is 19.4. The van der Waals surface area contributed by atoms with E-state index in [9.17, 15) is 0 Å². The van der Waals surface area contributed by atoms with Gasteiger partial charge in [0, 0.05) is 28.0 Å². The monoisotopic (exact) mass is 556 g/mol. The molecule has 0 spiro atoms. The van der Waals surface area contributed by atoms with Gasteiger partial charge in [-0.1, -0.05) is 111 Å². The summed E-state index contributed by atoms with van der Waals surface area (Å²) in [5.74, 6) is 0. The molecule has 0 saturated heterocycles. The van der Waals surface area contributed by atoms with Gasteiger partial charge in [-0.2, -0.15) is 0 Å². The van der Waals surface area contributed by atoms with Gasteiger partial charge in [-0.05, 0) is 76.8 Å². The van der Waals surface area contributed by atoms with Crippen molar-refractivity contribution < 1.29 is 10.1 Å². The van der Waals surface area contributed by atoms with Crippen molar-refractivity contribution in [1.29, 1.82) is 0 Å². The minimum absolute atomic E-state index is 0.113. The fraction of sp³-hybridized carbons (Fsp3) is 0.405. The van der Waals surface area contributed by atoms with E-state index < -0.39 is 0 Å². The van der Waals surface area contributed by atoms with Crippen LogP contribution in [0.25, 0.3) is 33.8 Å². The molecule has 0 fully saturated rings. The Bertz CT molecular complexity index is 1450. The van der Waals surface area contributed by atoms with Gasteiger partial charge in [-0.3, -0.25) is 5.26 Å². The number of nitrogen functional groups attached to an aromatic ring is 1. The van der Waals surface area contributed by atoms with E-state index in [0.29, 0.717) is 0 Å². The summed E-state index contributed by atoms with van der Waals surface area (Å²) in [7, 11) is 1.18. The van der Waals surface area contributed by atoms with Gasteiger partial charge in [0.2, 0.25) is 0 Å². The van der Waals surface area contributed by atoms with Crippen LogP contribution in [-0.4, -0.2) is 16.9 Å². The molecule has 41 heavy (non-hydrogen) atoms. The second-order valence-corrected chi connectivity index (χ2v) is 12.0. The highest BCUT2D eigenvalue weighted by atomic mass is 17.1. The molecule has 4 aromatic rings. The van der Waals surface area contributed by atoms with Gasteiger partial charge in [-0.25, -0.2) is 4.89 Å². The lowest BCUT2D eigenvalue weighted by Crippen LogP contribution is -2.14. The number of fused-ring (bicyclic) bond motifs is 3. The van der Waals surface area contributed by atoms with E-state index in [1.165, 1.54) is 51.7 Å². The molecule has 4 heteroatoms. The highest BCUT2D eigenvalue weighted by Gasteiger charge is 2.27. The van der Waals surface area contributed by atoms with Gasteiger partial charge in [0.15, 0.2) is 0 Å². The number of hydrogen-bond donors (Lipinski definition) is 2. The second-order valence-electron chi connectivity index (χ2n) is 12.0. The highest BCUT2D eigenvalue weighted by Crippen LogP contribution is 2.42. The molecule has 0 atom stereocenters. The Morgan fingerprint density at radius 3 is 1.90 bits per heavy atom. The Hall–Kier alpha value is -3.34. The molecule has 5 rings (SSSR count). The molecule has 3 N–H and O–H groups in total. The summed E-state index contributed by atoms with van der Waals surface area (Å²) in [6, 6.07) is 24.1. The number of benzene rings is 3. The summed E-state index contributed by atoms with van der Waals surface area (Å²) >= 11 is 0. The van der Waals surface area contributed by atoms with Crippen LogP contribution in [0.2, 0.25) is 0 Å². The standard InChI is InChI=1S/C32H36N2.2C2H6.CH4O2/c1-31(2,3)23-13-15-29-27(19-23)28-20-24(32(4,5)6)14-16-30(28)34(29)26-12-8-10-22(18-26)21-9-7-11-25(33)17-21;2*1-2;1-3-2/h7-13,15,17-20H,14,16,33H2,1-6H3;2*1-2H3;2H,1H3. The van der Waals surface area contributed by atoms with Crippen LogP contribution in [0.15, 0.2) is 72.3 Å². The summed E-state index contributed by atoms with van der Waals surface area (Å²) in [4.78, 5) is 3.25. The van der Waals surface area contributed by atoms with Crippen molar-refractivity contribution >= 4 is 22.7 Å². The third-order valence-corrected chi connectivity index (χ3v) is 7.21. The van der Waals surface area contributed by atoms with Crippen molar-refractivity contribution in [2.75, 3.05) is 12.8 Å². The maximum absolute atomic E-state index is 7.07. The van der Waals surface area contributed by atoms with E-state index >= 15 is 0 Å². The van der Waals surface area contributed by atoms with Crippen molar-refractivity contribution in [3.63, 3.8) is 0 Å². The highest BCUT2D eigenvalue weighted by molar-refractivity contribution is 5.94. The first-order valence-corrected chi connectivity index (χ1v) is 15.0. The predicted molar refractivity (Wildman–Crippen MR) is 180 cm³/mol.